The number of ketones is 1. The van der Waals surface area contributed by atoms with Crippen molar-refractivity contribution in [2.24, 2.45) is 0 Å². The second-order valence-electron chi connectivity index (χ2n) is 11.5. The van der Waals surface area contributed by atoms with Crippen LogP contribution in [0.1, 0.15) is 20.3 Å². The summed E-state index contributed by atoms with van der Waals surface area (Å²) in [6, 6.07) is 0. The van der Waals surface area contributed by atoms with E-state index in [0.717, 1.165) is 45.0 Å². The van der Waals surface area contributed by atoms with Gasteiger partial charge in [0.2, 0.25) is 0 Å². The summed E-state index contributed by atoms with van der Waals surface area (Å²) in [6.45, 7) is 0.745. The molecule has 3 nitrogen and oxygen atoms in total. The zero-order valence-corrected chi connectivity index (χ0v) is 12.7. The number of fused-ring (bicyclic) bond motifs is 10. The van der Waals surface area contributed by atoms with Crippen LogP contribution in [0, 0.1) is 0 Å². The maximum atomic E-state index is 13.0. The van der Waals surface area contributed by atoms with Gasteiger partial charge in [0.05, 0.1) is 0 Å². The third kappa shape index (κ3) is 0.0839. The van der Waals surface area contributed by atoms with Crippen LogP contribution >= 0.6 is 0 Å². The van der Waals surface area contributed by atoms with Crippen LogP contribution < -0.4 is 0 Å². The van der Waals surface area contributed by atoms with E-state index >= 15 is 0 Å². The molecule has 0 aromatic heterocycles. The second-order valence-corrected chi connectivity index (χ2v) is 34.7. The topological polar surface area (TPSA) is 43.4 Å². The van der Waals surface area contributed by atoms with Crippen LogP contribution in [0.15, 0.2) is 0 Å². The zero-order chi connectivity index (χ0) is 13.2. The molecule has 8 atom stereocenters. The normalized spacial score (nSPS) is 106. The van der Waals surface area contributed by atoms with Gasteiger partial charge in [0.15, 0.2) is 0 Å². The molecule has 10 rings (SSSR count). The predicted octanol–water partition coefficient (Wildman–Crippen LogP) is 3.66. The first-order chi connectivity index (χ1) is 9.36. The van der Waals surface area contributed by atoms with Crippen molar-refractivity contribution in [3.63, 3.8) is 0 Å². The van der Waals surface area contributed by atoms with Crippen molar-refractivity contribution in [2.75, 3.05) is 6.61 Å². The van der Waals surface area contributed by atoms with Gasteiger partial charge in [-0.2, -0.15) is 0 Å². The number of hydrogen-bond acceptors (Lipinski definition) is 3. The number of esters is 1. The van der Waals surface area contributed by atoms with Gasteiger partial charge in [-0.15, -0.1) is 0 Å². The Morgan fingerprint density at radius 3 is 1.85 bits per heavy atom. The van der Waals surface area contributed by atoms with Crippen molar-refractivity contribution >= 4 is 11.8 Å². The summed E-state index contributed by atoms with van der Waals surface area (Å²) in [5.74, 6) is 0.748. The van der Waals surface area contributed by atoms with Gasteiger partial charge in [-0.1, -0.05) is 0 Å². The Balaban J connectivity index is 1.45. The molecule has 108 valence electrons. The molecule has 0 bridgehead atoms. The first-order valence-corrected chi connectivity index (χ1v) is 14.5. The number of hydrogen-bond donors (Lipinski definition) is 0. The molecule has 0 aromatic rings. The van der Waals surface area contributed by atoms with Crippen LogP contribution in [0.2, 0.25) is 47.2 Å². The van der Waals surface area contributed by atoms with Crippen molar-refractivity contribution in [3.05, 3.63) is 0 Å². The molecule has 0 aliphatic carbocycles. The molecule has 10 fully saturated rings. The number of rotatable bonds is 4. The molecule has 4 heteroatoms. The van der Waals surface area contributed by atoms with Crippen molar-refractivity contribution in [2.45, 2.75) is 67.4 Å². The third-order valence-electron chi connectivity index (χ3n) is 16.1. The van der Waals surface area contributed by atoms with Gasteiger partial charge < -0.3 is 0 Å². The average Bonchev–Trinajstić information content (AvgIpc) is 3.37. The van der Waals surface area contributed by atoms with Crippen LogP contribution in [0.3, 0.4) is 0 Å². The summed E-state index contributed by atoms with van der Waals surface area (Å²) < 4.78 is 5.99. The van der Waals surface area contributed by atoms with E-state index in [0.29, 0.717) is 12.4 Å². The van der Waals surface area contributed by atoms with Gasteiger partial charge in [-0.3, -0.25) is 0 Å². The van der Waals surface area contributed by atoms with Crippen molar-refractivity contribution in [1.82, 2.24) is 0 Å². The Bertz CT molecular complexity index is 1140. The number of carbonyl (C=O) groups is 2. The molecule has 10 saturated heterocycles. The van der Waals surface area contributed by atoms with Crippen LogP contribution in [-0.2, 0) is 20.8 Å². The fraction of sp³-hybridized carbons (Fsp3) is 0.875. The van der Waals surface area contributed by atoms with Gasteiger partial charge in [0.1, 0.15) is 0 Å². The summed E-state index contributed by atoms with van der Waals surface area (Å²) in [5, 5.41) is 0. The third-order valence-corrected chi connectivity index (χ3v) is 58.9. The molecule has 10 heterocycles. The molecule has 10 aliphatic rings. The Kier molecular flexibility index (Phi) is 0.302. The molecule has 10 aliphatic heterocycles. The van der Waals surface area contributed by atoms with E-state index in [1.54, 1.807) is 0 Å². The quantitative estimate of drug-likeness (QED) is 0.587. The molecule has 8 unspecified atom stereocenters. The van der Waals surface area contributed by atoms with Crippen LogP contribution in [0.4, 0.5) is 0 Å². The summed E-state index contributed by atoms with van der Waals surface area (Å²) in [5.41, 5.74) is 0. The van der Waals surface area contributed by atoms with Crippen molar-refractivity contribution in [3.8, 4) is 0 Å². The van der Waals surface area contributed by atoms with E-state index in [2.05, 4.69) is 6.92 Å². The van der Waals surface area contributed by atoms with Gasteiger partial charge in [0.25, 0.3) is 0 Å². The van der Waals surface area contributed by atoms with E-state index in [1.165, 1.54) is 0 Å². The number of carbonyl (C=O) groups excluding carboxylic acids is 2. The summed E-state index contributed by atoms with van der Waals surface area (Å²) in [4.78, 5) is 32.9. The summed E-state index contributed by atoms with van der Waals surface area (Å²) >= 11 is 0. The van der Waals surface area contributed by atoms with Crippen molar-refractivity contribution in [1.29, 1.82) is 0 Å². The fourth-order valence-electron chi connectivity index (χ4n) is 18.4. The predicted molar refractivity (Wildman–Crippen MR) is 67.3 cm³/mol. The molecule has 1 spiro atoms. The molecule has 0 N–H and O–H groups in total. The Morgan fingerprint density at radius 1 is 1.00 bits per heavy atom. The number of Topliss-reactive ketones (excluding diaryl/α,β-unsaturated/α-hetero) is 1. The standard InChI is InChI=1S/C9H11O2.C7H7O.Fe/c1-2-7-11-9(10)8-5-3-4-6-8;1-6(8)7-4-2-3-5-7;/h3-6H,2,7H2,1H3;2-5H,1H3;. The van der Waals surface area contributed by atoms with Gasteiger partial charge in [0, 0.05) is 0 Å². The SMILES string of the molecule is CCCOC(=O)[C]12[CH]3[CH]4[CH]5[CH]1[Fe]45321678[CH]2[CH]1[CH]6[C]7(C(C)=O)[CH]28. The molecule has 0 aromatic carbocycles. The van der Waals surface area contributed by atoms with Crippen LogP contribution in [0.25, 0.3) is 0 Å². The van der Waals surface area contributed by atoms with Crippen LogP contribution in [-0.4, -0.2) is 18.4 Å². The van der Waals surface area contributed by atoms with Gasteiger partial charge >= 0.3 is 107 Å². The number of ether oxygens (including phenoxy) is 1. The minimum absolute atomic E-state index is 0.0647. The molecular weight excluding hydrogens is 296 g/mol. The first-order valence-electron chi connectivity index (χ1n) is 8.25. The molecule has 0 amide bonds. The molecule has 0 saturated carbocycles. The van der Waals surface area contributed by atoms with E-state index in [9.17, 15) is 9.59 Å². The van der Waals surface area contributed by atoms with Crippen molar-refractivity contribution < 1.29 is 20.8 Å². The zero-order valence-electron chi connectivity index (χ0n) is 11.6. The monoisotopic (exact) mass is 314 g/mol. The average molecular weight is 314 g/mol. The van der Waals surface area contributed by atoms with Crippen LogP contribution in [0.5, 0.6) is 0 Å². The second kappa shape index (κ2) is 0.724. The van der Waals surface area contributed by atoms with Gasteiger partial charge in [-0.05, 0) is 0 Å². The Labute approximate surface area is 107 Å². The summed E-state index contributed by atoms with van der Waals surface area (Å²) in [7, 11) is 0. The first kappa shape index (κ1) is 8.33. The molecule has 0 radical (unpaired) electrons. The Hall–Kier alpha value is -0.341. The Morgan fingerprint density at radius 2 is 1.50 bits per heavy atom. The maximum absolute atomic E-state index is 13.0. The van der Waals surface area contributed by atoms with Gasteiger partial charge in [-0.25, -0.2) is 0 Å². The van der Waals surface area contributed by atoms with E-state index < -0.39 is 6.51 Å². The fourth-order valence-corrected chi connectivity index (χ4v) is 94.2. The summed E-state index contributed by atoms with van der Waals surface area (Å²) in [6.07, 6.45) is 0.924. The van der Waals surface area contributed by atoms with E-state index in [1.807, 2.05) is 6.92 Å². The minimum atomic E-state index is -3.81. The molecule has 20 heavy (non-hydrogen) atoms. The van der Waals surface area contributed by atoms with E-state index in [-0.39, 0.29) is 14.6 Å². The molecular formula is C16H18FeO3. The van der Waals surface area contributed by atoms with E-state index in [4.69, 9.17) is 4.74 Å².